The van der Waals surface area contributed by atoms with Gasteiger partial charge in [-0.1, -0.05) is 31.5 Å². The average molecular weight is 309 g/mol. The molecule has 1 heterocycles. The Hall–Kier alpha value is -2.21. The molecule has 0 radical (unpaired) electrons. The Kier molecular flexibility index (Phi) is 4.70. The molecule has 1 aromatic carbocycles. The fourth-order valence-electron chi connectivity index (χ4n) is 1.60. The van der Waals surface area contributed by atoms with Gasteiger partial charge >= 0.3 is 0 Å². The van der Waals surface area contributed by atoms with Crippen LogP contribution in [0.2, 0.25) is 5.02 Å². The minimum atomic E-state index is -0.512. The van der Waals surface area contributed by atoms with Gasteiger partial charge in [-0.2, -0.15) is 10.2 Å². The van der Waals surface area contributed by atoms with E-state index in [1.54, 1.807) is 6.07 Å². The molecule has 1 aromatic heterocycles. The van der Waals surface area contributed by atoms with Crippen molar-refractivity contribution in [1.29, 1.82) is 0 Å². The minimum absolute atomic E-state index is 0.115. The molecule has 0 atom stereocenters. The van der Waals surface area contributed by atoms with E-state index in [1.165, 1.54) is 18.2 Å². The van der Waals surface area contributed by atoms with Crippen LogP contribution in [-0.4, -0.2) is 22.3 Å². The summed E-state index contributed by atoms with van der Waals surface area (Å²) in [4.78, 5) is 11.8. The fraction of sp³-hybridized carbons (Fsp3) is 0.214. The summed E-state index contributed by atoms with van der Waals surface area (Å²) in [6, 6.07) is 5.93. The van der Waals surface area contributed by atoms with Crippen LogP contribution in [-0.2, 0) is 0 Å². The Bertz CT molecular complexity index is 661. The molecule has 0 aliphatic rings. The molecule has 110 valence electrons. The van der Waals surface area contributed by atoms with Crippen LogP contribution in [0.5, 0.6) is 0 Å². The van der Waals surface area contributed by atoms with Gasteiger partial charge < -0.3 is 0 Å². The van der Waals surface area contributed by atoms with Crippen molar-refractivity contribution in [2.24, 2.45) is 5.10 Å². The van der Waals surface area contributed by atoms with Gasteiger partial charge in [0.1, 0.15) is 5.82 Å². The number of carbonyl (C=O) groups excluding carboxylic acids is 1. The van der Waals surface area contributed by atoms with Crippen LogP contribution in [0.15, 0.2) is 29.4 Å². The van der Waals surface area contributed by atoms with Crippen molar-refractivity contribution < 1.29 is 9.18 Å². The predicted molar refractivity (Wildman–Crippen MR) is 79.1 cm³/mol. The highest BCUT2D eigenvalue weighted by molar-refractivity contribution is 6.33. The number of H-pyrrole nitrogens is 1. The number of hydrogen-bond acceptors (Lipinski definition) is 3. The fourth-order valence-corrected chi connectivity index (χ4v) is 1.81. The van der Waals surface area contributed by atoms with Crippen molar-refractivity contribution in [3.05, 3.63) is 52.1 Å². The van der Waals surface area contributed by atoms with Crippen LogP contribution in [0.25, 0.3) is 0 Å². The van der Waals surface area contributed by atoms with Gasteiger partial charge in [0.05, 0.1) is 11.2 Å². The van der Waals surface area contributed by atoms with E-state index in [9.17, 15) is 9.18 Å². The lowest BCUT2D eigenvalue weighted by atomic mass is 10.1. The molecule has 5 nitrogen and oxygen atoms in total. The van der Waals surface area contributed by atoms with Crippen molar-refractivity contribution in [3.8, 4) is 0 Å². The number of benzene rings is 1. The highest BCUT2D eigenvalue weighted by Crippen LogP contribution is 2.16. The van der Waals surface area contributed by atoms with Crippen LogP contribution in [0, 0.1) is 5.82 Å². The second-order valence-electron chi connectivity index (χ2n) is 4.70. The molecular weight excluding hydrogens is 295 g/mol. The van der Waals surface area contributed by atoms with Crippen molar-refractivity contribution >= 4 is 23.7 Å². The van der Waals surface area contributed by atoms with Crippen LogP contribution in [0.3, 0.4) is 0 Å². The van der Waals surface area contributed by atoms with Crippen LogP contribution in [0.1, 0.15) is 41.5 Å². The van der Waals surface area contributed by atoms with Gasteiger partial charge in [0, 0.05) is 11.3 Å². The highest BCUT2D eigenvalue weighted by Gasteiger charge is 2.11. The summed E-state index contributed by atoms with van der Waals surface area (Å²) in [6.07, 6.45) is 1.16. The maximum Gasteiger partial charge on any atom is 0.291 e. The van der Waals surface area contributed by atoms with E-state index in [-0.39, 0.29) is 22.2 Å². The van der Waals surface area contributed by atoms with Crippen molar-refractivity contribution in [1.82, 2.24) is 15.6 Å². The standard InChI is InChI=1S/C14H14ClFN4O/c1-8(2)12-6-13(19-18-12)14(21)20-17-7-9-10(15)4-3-5-11(9)16/h3-8H,1-2H3,(H,18,19)(H,20,21)/b17-7+. The summed E-state index contributed by atoms with van der Waals surface area (Å²) >= 11 is 5.84. The molecule has 0 aliphatic heterocycles. The highest BCUT2D eigenvalue weighted by atomic mass is 35.5. The maximum absolute atomic E-state index is 13.5. The molecule has 2 rings (SSSR count). The number of nitrogens with one attached hydrogen (secondary N) is 2. The van der Waals surface area contributed by atoms with Crippen molar-refractivity contribution in [2.45, 2.75) is 19.8 Å². The lowest BCUT2D eigenvalue weighted by Gasteiger charge is -1.99. The number of rotatable bonds is 4. The van der Waals surface area contributed by atoms with Gasteiger partial charge in [0.15, 0.2) is 5.69 Å². The smallest absolute Gasteiger partial charge is 0.282 e. The predicted octanol–water partition coefficient (Wildman–Crippen LogP) is 3.09. The van der Waals surface area contributed by atoms with Crippen molar-refractivity contribution in [3.63, 3.8) is 0 Å². The van der Waals surface area contributed by atoms with Crippen LogP contribution in [0.4, 0.5) is 4.39 Å². The van der Waals surface area contributed by atoms with Gasteiger partial charge in [-0.25, -0.2) is 9.82 Å². The molecular formula is C14H14ClFN4O. The molecule has 1 amide bonds. The Morgan fingerprint density at radius 1 is 1.52 bits per heavy atom. The van der Waals surface area contributed by atoms with Gasteiger partial charge in [0.2, 0.25) is 0 Å². The van der Waals surface area contributed by atoms with E-state index in [4.69, 9.17) is 11.6 Å². The zero-order chi connectivity index (χ0) is 15.4. The Balaban J connectivity index is 2.05. The van der Waals surface area contributed by atoms with E-state index in [1.807, 2.05) is 13.8 Å². The Morgan fingerprint density at radius 2 is 2.29 bits per heavy atom. The molecule has 2 aromatic rings. The quantitative estimate of drug-likeness (QED) is 0.673. The van der Waals surface area contributed by atoms with Gasteiger partial charge in [-0.05, 0) is 24.1 Å². The number of aromatic nitrogens is 2. The molecule has 0 aliphatic carbocycles. The maximum atomic E-state index is 13.5. The molecule has 0 saturated carbocycles. The first-order valence-corrected chi connectivity index (χ1v) is 6.69. The Labute approximate surface area is 126 Å². The third-order valence-electron chi connectivity index (χ3n) is 2.81. The molecule has 0 bridgehead atoms. The lowest BCUT2D eigenvalue weighted by Crippen LogP contribution is -2.18. The van der Waals surface area contributed by atoms with Crippen LogP contribution >= 0.6 is 11.6 Å². The molecule has 7 heteroatoms. The molecule has 2 N–H and O–H groups in total. The summed E-state index contributed by atoms with van der Waals surface area (Å²) in [5.41, 5.74) is 3.46. The zero-order valence-corrected chi connectivity index (χ0v) is 12.3. The second-order valence-corrected chi connectivity index (χ2v) is 5.10. The van der Waals surface area contributed by atoms with E-state index < -0.39 is 11.7 Å². The molecule has 0 spiro atoms. The van der Waals surface area contributed by atoms with E-state index in [2.05, 4.69) is 20.7 Å². The van der Waals surface area contributed by atoms with E-state index in [0.717, 1.165) is 11.9 Å². The topological polar surface area (TPSA) is 70.1 Å². The first-order chi connectivity index (χ1) is 9.99. The monoisotopic (exact) mass is 308 g/mol. The number of aromatic amines is 1. The third kappa shape index (κ3) is 3.66. The number of carbonyl (C=O) groups is 1. The largest absolute Gasteiger partial charge is 0.291 e. The Morgan fingerprint density at radius 3 is 2.90 bits per heavy atom. The minimum Gasteiger partial charge on any atom is -0.282 e. The lowest BCUT2D eigenvalue weighted by molar-refractivity contribution is 0.0950. The number of nitrogens with zero attached hydrogens (tertiary/aromatic N) is 2. The summed E-state index contributed by atoms with van der Waals surface area (Å²) in [7, 11) is 0. The first kappa shape index (κ1) is 15.2. The summed E-state index contributed by atoms with van der Waals surface area (Å²) in [5, 5.41) is 10.6. The second kappa shape index (κ2) is 6.49. The molecule has 0 unspecified atom stereocenters. The molecule has 0 saturated heterocycles. The third-order valence-corrected chi connectivity index (χ3v) is 3.14. The number of hydrogen-bond donors (Lipinski definition) is 2. The number of amides is 1. The molecule has 21 heavy (non-hydrogen) atoms. The summed E-state index contributed by atoms with van der Waals surface area (Å²) in [5.74, 6) is -0.760. The summed E-state index contributed by atoms with van der Waals surface area (Å²) in [6.45, 7) is 3.96. The van der Waals surface area contributed by atoms with Gasteiger partial charge in [-0.15, -0.1) is 0 Å². The van der Waals surface area contributed by atoms with E-state index >= 15 is 0 Å². The van der Waals surface area contributed by atoms with Crippen molar-refractivity contribution in [2.75, 3.05) is 0 Å². The SMILES string of the molecule is CC(C)c1cc(C(=O)N/N=C/c2c(F)cccc2Cl)n[nH]1. The van der Waals surface area contributed by atoms with Crippen LogP contribution < -0.4 is 5.43 Å². The first-order valence-electron chi connectivity index (χ1n) is 6.31. The normalized spacial score (nSPS) is 11.3. The van der Waals surface area contributed by atoms with Gasteiger partial charge in [-0.3, -0.25) is 9.89 Å². The number of halogens is 2. The van der Waals surface area contributed by atoms with E-state index in [0.29, 0.717) is 0 Å². The summed E-state index contributed by atoms with van der Waals surface area (Å²) < 4.78 is 13.5. The van der Waals surface area contributed by atoms with Gasteiger partial charge in [0.25, 0.3) is 5.91 Å². The molecule has 0 fully saturated rings. The average Bonchev–Trinajstić information content (AvgIpc) is 2.92. The number of hydrazone groups is 1. The zero-order valence-electron chi connectivity index (χ0n) is 11.5.